The average Bonchev–Trinajstić information content (AvgIpc) is 3.26. The van der Waals surface area contributed by atoms with Gasteiger partial charge in [-0.3, -0.25) is 9.59 Å². The normalized spacial score (nSPS) is 13.9. The maximum absolute atomic E-state index is 12.8. The van der Waals surface area contributed by atoms with E-state index in [1.807, 2.05) is 0 Å². The second-order valence-corrected chi connectivity index (χ2v) is 7.98. The molecule has 31 heavy (non-hydrogen) atoms. The summed E-state index contributed by atoms with van der Waals surface area (Å²) in [5, 5.41) is 4.57. The number of halogens is 3. The van der Waals surface area contributed by atoms with Gasteiger partial charge >= 0.3 is 5.97 Å². The van der Waals surface area contributed by atoms with Gasteiger partial charge in [0.25, 0.3) is 0 Å². The summed E-state index contributed by atoms with van der Waals surface area (Å²) in [7, 11) is 0. The van der Waals surface area contributed by atoms with Crippen molar-refractivity contribution in [1.82, 2.24) is 5.16 Å². The maximum atomic E-state index is 12.8. The fourth-order valence-corrected chi connectivity index (χ4v) is 3.79. The third-order valence-electron chi connectivity index (χ3n) is 4.56. The molecule has 0 bridgehead atoms. The molecule has 0 N–H and O–H groups in total. The van der Waals surface area contributed by atoms with Crippen LogP contribution in [0.4, 0.5) is 0 Å². The van der Waals surface area contributed by atoms with Crippen LogP contribution in [0.1, 0.15) is 33.7 Å². The number of allylic oxidation sites excluding steroid dienone is 1. The van der Waals surface area contributed by atoms with E-state index in [0.717, 1.165) is 0 Å². The van der Waals surface area contributed by atoms with Crippen LogP contribution in [0.2, 0.25) is 15.2 Å². The van der Waals surface area contributed by atoms with E-state index in [4.69, 9.17) is 48.8 Å². The Morgan fingerprint density at radius 2 is 1.90 bits per heavy atom. The fourth-order valence-electron chi connectivity index (χ4n) is 3.13. The highest BCUT2D eigenvalue weighted by atomic mass is 35.5. The smallest absolute Gasteiger partial charge is 0.311 e. The Labute approximate surface area is 192 Å². The van der Waals surface area contributed by atoms with Gasteiger partial charge in [0, 0.05) is 34.2 Å². The molecule has 0 fully saturated rings. The van der Waals surface area contributed by atoms with E-state index >= 15 is 0 Å². The molecule has 158 valence electrons. The number of nitrogens with zero attached hydrogens (tertiary/aromatic N) is 1. The minimum absolute atomic E-state index is 0.0671. The maximum Gasteiger partial charge on any atom is 0.311 e. The van der Waals surface area contributed by atoms with Crippen LogP contribution in [0.3, 0.4) is 0 Å². The van der Waals surface area contributed by atoms with Crippen molar-refractivity contribution in [2.45, 2.75) is 19.8 Å². The molecule has 0 radical (unpaired) electrons. The number of hydrogen-bond donors (Lipinski definition) is 0. The predicted octanol–water partition coefficient (Wildman–Crippen LogP) is 6.10. The molecular formula is C22H14Cl3NO5. The van der Waals surface area contributed by atoms with E-state index in [2.05, 4.69) is 5.16 Å². The number of hydrogen-bond acceptors (Lipinski definition) is 6. The third kappa shape index (κ3) is 4.61. The molecule has 6 nitrogen and oxygen atoms in total. The van der Waals surface area contributed by atoms with Crippen molar-refractivity contribution < 1.29 is 23.6 Å². The largest absolute Gasteiger partial charge is 0.452 e. The van der Waals surface area contributed by atoms with Gasteiger partial charge in [-0.05, 0) is 36.8 Å². The zero-order valence-electron chi connectivity index (χ0n) is 16.1. The Hall–Kier alpha value is -2.80. The van der Waals surface area contributed by atoms with Gasteiger partial charge in [-0.25, -0.2) is 0 Å². The number of esters is 1. The molecule has 1 aromatic heterocycles. The average molecular weight is 479 g/mol. The number of ketones is 1. The number of Topliss-reactive ketones (excluding diaryl/α,β-unsaturated/α-hetero) is 1. The third-order valence-corrected chi connectivity index (χ3v) is 5.39. The summed E-state index contributed by atoms with van der Waals surface area (Å²) < 4.78 is 16.1. The number of carbonyl (C=O) groups is 2. The summed E-state index contributed by atoms with van der Waals surface area (Å²) in [4.78, 5) is 25.0. The van der Waals surface area contributed by atoms with Crippen LogP contribution in [0.25, 0.3) is 6.08 Å². The molecule has 2 aromatic carbocycles. The molecule has 0 unspecified atom stereocenters. The number of aromatic nitrogens is 1. The highest BCUT2D eigenvalue weighted by molar-refractivity contribution is 6.37. The van der Waals surface area contributed by atoms with Gasteiger partial charge in [-0.15, -0.1) is 0 Å². The molecule has 4 rings (SSSR count). The minimum atomic E-state index is -0.477. The molecule has 0 aliphatic carbocycles. The Bertz CT molecular complexity index is 1210. The van der Waals surface area contributed by atoms with Crippen LogP contribution in [0, 0.1) is 6.92 Å². The van der Waals surface area contributed by atoms with Crippen molar-refractivity contribution >= 4 is 52.6 Å². The zero-order valence-corrected chi connectivity index (χ0v) is 18.3. The molecule has 3 aromatic rings. The molecular weight excluding hydrogens is 465 g/mol. The first kappa shape index (κ1) is 21.4. The second kappa shape index (κ2) is 8.75. The van der Waals surface area contributed by atoms with Crippen molar-refractivity contribution in [3.8, 4) is 11.5 Å². The van der Waals surface area contributed by atoms with Crippen molar-refractivity contribution in [1.29, 1.82) is 0 Å². The topological polar surface area (TPSA) is 78.6 Å². The SMILES string of the molecule is Cc1cc(OC(=O)CCc2cc(Cl)no2)cc2c1C(=O)/C(=C/c1c(Cl)cccc1Cl)O2. The summed E-state index contributed by atoms with van der Waals surface area (Å²) in [6.07, 6.45) is 1.86. The molecule has 0 saturated carbocycles. The number of carbonyl (C=O) groups excluding carboxylic acids is 2. The van der Waals surface area contributed by atoms with E-state index in [-0.39, 0.29) is 28.9 Å². The summed E-state index contributed by atoms with van der Waals surface area (Å²) >= 11 is 18.1. The first-order valence-corrected chi connectivity index (χ1v) is 10.3. The van der Waals surface area contributed by atoms with Crippen LogP contribution in [-0.2, 0) is 11.2 Å². The minimum Gasteiger partial charge on any atom is -0.452 e. The lowest BCUT2D eigenvalue weighted by molar-refractivity contribution is -0.134. The number of benzene rings is 2. The lowest BCUT2D eigenvalue weighted by atomic mass is 10.0. The highest BCUT2D eigenvalue weighted by Gasteiger charge is 2.30. The van der Waals surface area contributed by atoms with E-state index in [1.54, 1.807) is 31.2 Å². The van der Waals surface area contributed by atoms with E-state index in [9.17, 15) is 9.59 Å². The predicted molar refractivity (Wildman–Crippen MR) is 116 cm³/mol. The number of rotatable bonds is 5. The Morgan fingerprint density at radius 1 is 1.16 bits per heavy atom. The van der Waals surface area contributed by atoms with Crippen LogP contribution >= 0.6 is 34.8 Å². The van der Waals surface area contributed by atoms with Gasteiger partial charge in [0.15, 0.2) is 10.9 Å². The van der Waals surface area contributed by atoms with E-state index in [0.29, 0.717) is 44.7 Å². The van der Waals surface area contributed by atoms with Crippen molar-refractivity contribution in [3.63, 3.8) is 0 Å². The number of fused-ring (bicyclic) bond motifs is 1. The fraction of sp³-hybridized carbons (Fsp3) is 0.136. The number of ether oxygens (including phenoxy) is 2. The summed E-state index contributed by atoms with van der Waals surface area (Å²) in [6.45, 7) is 1.74. The van der Waals surface area contributed by atoms with Gasteiger partial charge in [0.05, 0.1) is 12.0 Å². The van der Waals surface area contributed by atoms with Crippen molar-refractivity contribution in [3.05, 3.63) is 79.8 Å². The van der Waals surface area contributed by atoms with Crippen LogP contribution in [0.5, 0.6) is 11.5 Å². The van der Waals surface area contributed by atoms with Gasteiger partial charge in [0.2, 0.25) is 5.78 Å². The summed E-state index contributed by atoms with van der Waals surface area (Å²) in [5.74, 6) is 0.345. The van der Waals surface area contributed by atoms with Crippen molar-refractivity contribution in [2.75, 3.05) is 0 Å². The molecule has 1 aliphatic heterocycles. The van der Waals surface area contributed by atoms with Crippen LogP contribution in [0.15, 0.2) is 46.7 Å². The van der Waals surface area contributed by atoms with Gasteiger partial charge < -0.3 is 14.0 Å². The summed E-state index contributed by atoms with van der Waals surface area (Å²) in [6, 6.07) is 9.69. The van der Waals surface area contributed by atoms with Gasteiger partial charge in [-0.2, -0.15) is 0 Å². The van der Waals surface area contributed by atoms with Crippen LogP contribution in [-0.4, -0.2) is 16.9 Å². The Morgan fingerprint density at radius 3 is 2.58 bits per heavy atom. The molecule has 0 atom stereocenters. The van der Waals surface area contributed by atoms with Gasteiger partial charge in [0.1, 0.15) is 17.3 Å². The quantitative estimate of drug-likeness (QED) is 0.250. The van der Waals surface area contributed by atoms with Gasteiger partial charge in [-0.1, -0.05) is 46.0 Å². The highest BCUT2D eigenvalue weighted by Crippen LogP contribution is 2.38. The summed E-state index contributed by atoms with van der Waals surface area (Å²) in [5.41, 5.74) is 1.49. The number of aryl methyl sites for hydroxylation is 2. The van der Waals surface area contributed by atoms with E-state index < -0.39 is 5.97 Å². The molecule has 0 saturated heterocycles. The van der Waals surface area contributed by atoms with Crippen LogP contribution < -0.4 is 9.47 Å². The molecule has 9 heteroatoms. The standard InChI is InChI=1S/C22H14Cl3NO5/c1-11-7-13(29-20(27)6-5-12-9-19(25)26-31-12)8-17-21(11)22(28)18(30-17)10-14-15(23)3-2-4-16(14)24/h2-4,7-10H,5-6H2,1H3/b18-10-. The molecule has 1 aliphatic rings. The second-order valence-electron chi connectivity index (χ2n) is 6.78. The first-order chi connectivity index (χ1) is 14.8. The first-order valence-electron chi connectivity index (χ1n) is 9.16. The Balaban J connectivity index is 1.52. The lowest BCUT2D eigenvalue weighted by Crippen LogP contribution is -2.09. The molecule has 2 heterocycles. The monoisotopic (exact) mass is 477 g/mol. The van der Waals surface area contributed by atoms with Crippen molar-refractivity contribution in [2.24, 2.45) is 0 Å². The zero-order chi connectivity index (χ0) is 22.1. The van der Waals surface area contributed by atoms with E-state index in [1.165, 1.54) is 18.2 Å². The Kier molecular flexibility index (Phi) is 6.05. The molecule has 0 spiro atoms. The molecule has 0 amide bonds. The lowest BCUT2D eigenvalue weighted by Gasteiger charge is -2.07.